The van der Waals surface area contributed by atoms with E-state index in [0.717, 1.165) is 16.7 Å². The normalized spacial score (nSPS) is 13.1. The van der Waals surface area contributed by atoms with Gasteiger partial charge in [-0.05, 0) is 67.8 Å². The van der Waals surface area contributed by atoms with E-state index in [0.29, 0.717) is 34.7 Å². The van der Waals surface area contributed by atoms with Gasteiger partial charge in [0.2, 0.25) is 0 Å². The van der Waals surface area contributed by atoms with Crippen LogP contribution in [0, 0.1) is 0 Å². The number of ether oxygens (including phenoxy) is 1. The number of aryl methyl sites for hydroxylation is 1. The van der Waals surface area contributed by atoms with Crippen molar-refractivity contribution in [1.82, 2.24) is 0 Å². The summed E-state index contributed by atoms with van der Waals surface area (Å²) in [7, 11) is 0. The van der Waals surface area contributed by atoms with Gasteiger partial charge in [0.25, 0.3) is 11.8 Å². The molecule has 2 aromatic carbocycles. The molecule has 1 aliphatic heterocycles. The summed E-state index contributed by atoms with van der Waals surface area (Å²) in [6.07, 6.45) is 5.80. The van der Waals surface area contributed by atoms with Gasteiger partial charge in [-0.1, -0.05) is 42.5 Å². The van der Waals surface area contributed by atoms with Crippen LogP contribution in [-0.2, 0) is 20.7 Å². The molecular formula is C28H28N2O5. The third-order valence-corrected chi connectivity index (χ3v) is 5.21. The number of hydrogen-bond acceptors (Lipinski definition) is 4. The predicted molar refractivity (Wildman–Crippen MR) is 136 cm³/mol. The summed E-state index contributed by atoms with van der Waals surface area (Å²) in [5.74, 6) is -0.959. The van der Waals surface area contributed by atoms with Crippen molar-refractivity contribution in [3.8, 4) is 0 Å². The SMILES string of the molecule is C=C(C)/C=C\C1=C(C)C=C(C(=O)Nc2ccccc2C(=O)Nc2cccc(CCC(=O)O)c2)CO1. The molecule has 7 heteroatoms. The Kier molecular flexibility index (Phi) is 8.40. The molecule has 7 nitrogen and oxygen atoms in total. The number of carbonyl (C=O) groups excluding carboxylic acids is 2. The lowest BCUT2D eigenvalue weighted by Crippen LogP contribution is -2.22. The number of carboxylic acid groups (broad SMARTS) is 1. The number of carbonyl (C=O) groups is 3. The van der Waals surface area contributed by atoms with Crippen LogP contribution in [0.2, 0.25) is 0 Å². The maximum absolute atomic E-state index is 13.0. The molecule has 0 saturated carbocycles. The van der Waals surface area contributed by atoms with Gasteiger partial charge in [-0.15, -0.1) is 0 Å². The average Bonchev–Trinajstić information content (AvgIpc) is 2.82. The first-order valence-electron chi connectivity index (χ1n) is 11.1. The van der Waals surface area contributed by atoms with Gasteiger partial charge in [0.1, 0.15) is 12.4 Å². The molecule has 1 aliphatic rings. The standard InChI is InChI=1S/C28H28N2O5/c1-18(2)11-13-25-19(3)15-21(17-35-25)27(33)30-24-10-5-4-9-23(24)28(34)29-22-8-6-7-20(16-22)12-14-26(31)32/h4-11,13,15-16H,1,12,14,17H2,2-3H3,(H,29,34)(H,30,33)(H,31,32)/b13-11-. The first-order valence-corrected chi connectivity index (χ1v) is 11.1. The average molecular weight is 473 g/mol. The van der Waals surface area contributed by atoms with Gasteiger partial charge >= 0.3 is 5.97 Å². The van der Waals surface area contributed by atoms with Crippen LogP contribution in [-0.4, -0.2) is 29.5 Å². The summed E-state index contributed by atoms with van der Waals surface area (Å²) in [6.45, 7) is 7.67. The van der Waals surface area contributed by atoms with E-state index < -0.39 is 11.9 Å². The molecule has 0 atom stereocenters. The molecule has 2 amide bonds. The van der Waals surface area contributed by atoms with E-state index in [1.54, 1.807) is 48.5 Å². The highest BCUT2D eigenvalue weighted by molar-refractivity contribution is 6.12. The molecule has 0 spiro atoms. The zero-order valence-corrected chi connectivity index (χ0v) is 19.8. The predicted octanol–water partition coefficient (Wildman–Crippen LogP) is 5.26. The number of para-hydroxylation sites is 1. The number of aliphatic carboxylic acids is 1. The van der Waals surface area contributed by atoms with Crippen molar-refractivity contribution in [3.05, 3.63) is 107 Å². The highest BCUT2D eigenvalue weighted by atomic mass is 16.5. The Bertz CT molecular complexity index is 1250. The molecule has 0 aromatic heterocycles. The van der Waals surface area contributed by atoms with Crippen LogP contribution < -0.4 is 10.6 Å². The number of allylic oxidation sites excluding steroid dienone is 5. The van der Waals surface area contributed by atoms with E-state index in [4.69, 9.17) is 9.84 Å². The molecule has 0 aliphatic carbocycles. The molecule has 0 unspecified atom stereocenters. The van der Waals surface area contributed by atoms with Crippen LogP contribution in [0.4, 0.5) is 11.4 Å². The smallest absolute Gasteiger partial charge is 0.303 e. The first kappa shape index (κ1) is 25.2. The molecule has 35 heavy (non-hydrogen) atoms. The minimum Gasteiger partial charge on any atom is -0.488 e. The Morgan fingerprint density at radius 2 is 1.86 bits per heavy atom. The quantitative estimate of drug-likeness (QED) is 0.432. The molecule has 3 N–H and O–H groups in total. The molecule has 0 radical (unpaired) electrons. The maximum Gasteiger partial charge on any atom is 0.303 e. The van der Waals surface area contributed by atoms with Crippen LogP contribution >= 0.6 is 0 Å². The molecular weight excluding hydrogens is 444 g/mol. The Morgan fingerprint density at radius 3 is 2.57 bits per heavy atom. The van der Waals surface area contributed by atoms with Crippen LogP contribution in [0.5, 0.6) is 0 Å². The van der Waals surface area contributed by atoms with Crippen molar-refractivity contribution in [2.75, 3.05) is 17.2 Å². The van der Waals surface area contributed by atoms with E-state index in [-0.39, 0.29) is 18.9 Å². The van der Waals surface area contributed by atoms with Crippen LogP contribution in [0.25, 0.3) is 0 Å². The lowest BCUT2D eigenvalue weighted by atomic mass is 10.1. The Balaban J connectivity index is 1.73. The van der Waals surface area contributed by atoms with E-state index >= 15 is 0 Å². The zero-order valence-electron chi connectivity index (χ0n) is 19.8. The highest BCUT2D eigenvalue weighted by Crippen LogP contribution is 2.23. The molecule has 2 aromatic rings. The highest BCUT2D eigenvalue weighted by Gasteiger charge is 2.19. The number of nitrogens with one attached hydrogen (secondary N) is 2. The van der Waals surface area contributed by atoms with Crippen molar-refractivity contribution < 1.29 is 24.2 Å². The van der Waals surface area contributed by atoms with E-state index in [2.05, 4.69) is 17.2 Å². The minimum absolute atomic E-state index is 0.00612. The topological polar surface area (TPSA) is 105 Å². The third kappa shape index (κ3) is 7.30. The van der Waals surface area contributed by atoms with Crippen molar-refractivity contribution in [2.24, 2.45) is 0 Å². The van der Waals surface area contributed by atoms with Crippen molar-refractivity contribution in [1.29, 1.82) is 0 Å². The van der Waals surface area contributed by atoms with E-state index in [1.165, 1.54) is 0 Å². The Hall–Kier alpha value is -4.39. The molecule has 180 valence electrons. The van der Waals surface area contributed by atoms with Gasteiger partial charge in [0, 0.05) is 12.1 Å². The monoisotopic (exact) mass is 472 g/mol. The van der Waals surface area contributed by atoms with Gasteiger partial charge in [0.15, 0.2) is 0 Å². The van der Waals surface area contributed by atoms with Crippen LogP contribution in [0.15, 0.2) is 95.8 Å². The fourth-order valence-corrected chi connectivity index (χ4v) is 3.42. The largest absolute Gasteiger partial charge is 0.488 e. The second kappa shape index (κ2) is 11.7. The van der Waals surface area contributed by atoms with Crippen molar-refractivity contribution >= 4 is 29.2 Å². The van der Waals surface area contributed by atoms with Crippen molar-refractivity contribution in [3.63, 3.8) is 0 Å². The van der Waals surface area contributed by atoms with Gasteiger partial charge < -0.3 is 20.5 Å². The van der Waals surface area contributed by atoms with Crippen LogP contribution in [0.1, 0.15) is 36.2 Å². The Labute approximate surface area is 204 Å². The second-order valence-corrected chi connectivity index (χ2v) is 8.23. The Morgan fingerprint density at radius 1 is 1.09 bits per heavy atom. The lowest BCUT2D eigenvalue weighted by Gasteiger charge is -2.18. The fourth-order valence-electron chi connectivity index (χ4n) is 3.42. The number of anilines is 2. The summed E-state index contributed by atoms with van der Waals surface area (Å²) < 4.78 is 5.72. The summed E-state index contributed by atoms with van der Waals surface area (Å²) in [4.78, 5) is 36.7. The second-order valence-electron chi connectivity index (χ2n) is 8.23. The summed E-state index contributed by atoms with van der Waals surface area (Å²) in [6, 6.07) is 13.7. The van der Waals surface area contributed by atoms with Gasteiger partial charge in [-0.3, -0.25) is 14.4 Å². The van der Waals surface area contributed by atoms with Crippen LogP contribution in [0.3, 0.4) is 0 Å². The number of amides is 2. The van der Waals surface area contributed by atoms with Gasteiger partial charge in [0.05, 0.1) is 16.8 Å². The van der Waals surface area contributed by atoms with E-state index in [1.807, 2.05) is 32.1 Å². The molecule has 0 fully saturated rings. The zero-order chi connectivity index (χ0) is 25.4. The number of hydrogen-bond donors (Lipinski definition) is 3. The molecule has 0 saturated heterocycles. The summed E-state index contributed by atoms with van der Waals surface area (Å²) in [5, 5.41) is 14.5. The summed E-state index contributed by atoms with van der Waals surface area (Å²) in [5.41, 5.74) is 4.15. The first-order chi connectivity index (χ1) is 16.7. The maximum atomic E-state index is 13.0. The number of benzene rings is 2. The molecule has 3 rings (SSSR count). The van der Waals surface area contributed by atoms with E-state index in [9.17, 15) is 14.4 Å². The van der Waals surface area contributed by atoms with Gasteiger partial charge in [-0.25, -0.2) is 0 Å². The number of rotatable bonds is 9. The van der Waals surface area contributed by atoms with Gasteiger partial charge in [-0.2, -0.15) is 0 Å². The molecule has 1 heterocycles. The minimum atomic E-state index is -0.882. The lowest BCUT2D eigenvalue weighted by molar-refractivity contribution is -0.137. The van der Waals surface area contributed by atoms with Crippen molar-refractivity contribution in [2.45, 2.75) is 26.7 Å². The number of carboxylic acids is 1. The third-order valence-electron chi connectivity index (χ3n) is 5.21. The fraction of sp³-hybridized carbons (Fsp3) is 0.179. The molecule has 0 bridgehead atoms. The summed E-state index contributed by atoms with van der Waals surface area (Å²) >= 11 is 0.